The Labute approximate surface area is 171 Å². The van der Waals surface area contributed by atoms with E-state index in [-0.39, 0.29) is 5.82 Å². The predicted molar refractivity (Wildman–Crippen MR) is 116 cm³/mol. The number of piperidine rings is 1. The SMILES string of the molecule is NC(=NCc1ccnc(N2CCCCC2)c1)N1CCN(c2ccc(F)cc2)CC1. The van der Waals surface area contributed by atoms with E-state index in [1.54, 1.807) is 0 Å². The van der Waals surface area contributed by atoms with Crippen molar-refractivity contribution in [1.29, 1.82) is 0 Å². The van der Waals surface area contributed by atoms with Crippen molar-refractivity contribution in [3.8, 4) is 0 Å². The fourth-order valence-corrected chi connectivity index (χ4v) is 3.97. The van der Waals surface area contributed by atoms with Crippen molar-refractivity contribution in [2.45, 2.75) is 25.8 Å². The molecular weight excluding hydrogens is 367 g/mol. The lowest BCUT2D eigenvalue weighted by Gasteiger charge is -2.36. The van der Waals surface area contributed by atoms with Gasteiger partial charge in [0.05, 0.1) is 6.54 Å². The Morgan fingerprint density at radius 3 is 2.38 bits per heavy atom. The summed E-state index contributed by atoms with van der Waals surface area (Å²) in [6, 6.07) is 10.8. The number of piperazine rings is 1. The maximum absolute atomic E-state index is 13.1. The van der Waals surface area contributed by atoms with Gasteiger partial charge in [0.2, 0.25) is 0 Å². The average Bonchev–Trinajstić information content (AvgIpc) is 2.79. The molecule has 0 aliphatic carbocycles. The fourth-order valence-electron chi connectivity index (χ4n) is 3.97. The molecule has 2 saturated heterocycles. The highest BCUT2D eigenvalue weighted by Gasteiger charge is 2.18. The van der Waals surface area contributed by atoms with Gasteiger partial charge >= 0.3 is 0 Å². The summed E-state index contributed by atoms with van der Waals surface area (Å²) in [5, 5.41) is 0. The van der Waals surface area contributed by atoms with Crippen LogP contribution >= 0.6 is 0 Å². The molecule has 1 aromatic heterocycles. The molecule has 29 heavy (non-hydrogen) atoms. The zero-order valence-corrected chi connectivity index (χ0v) is 16.8. The molecule has 0 bridgehead atoms. The van der Waals surface area contributed by atoms with Crippen molar-refractivity contribution in [3.63, 3.8) is 0 Å². The van der Waals surface area contributed by atoms with Gasteiger partial charge in [-0.3, -0.25) is 0 Å². The third-order valence-electron chi connectivity index (χ3n) is 5.71. The topological polar surface area (TPSA) is 61.0 Å². The van der Waals surface area contributed by atoms with Gasteiger partial charge in [0, 0.05) is 51.2 Å². The molecule has 154 valence electrons. The van der Waals surface area contributed by atoms with Gasteiger partial charge < -0.3 is 20.4 Å². The highest BCUT2D eigenvalue weighted by atomic mass is 19.1. The summed E-state index contributed by atoms with van der Waals surface area (Å²) in [6.07, 6.45) is 5.65. The van der Waals surface area contributed by atoms with E-state index in [9.17, 15) is 4.39 Å². The number of rotatable bonds is 4. The number of benzene rings is 1. The first-order chi connectivity index (χ1) is 14.2. The minimum atomic E-state index is -0.205. The summed E-state index contributed by atoms with van der Waals surface area (Å²) in [4.78, 5) is 15.9. The number of hydrogen-bond acceptors (Lipinski definition) is 4. The van der Waals surface area contributed by atoms with Gasteiger partial charge in [-0.05, 0) is 61.2 Å². The normalized spacial score (nSPS) is 18.2. The zero-order chi connectivity index (χ0) is 20.1. The van der Waals surface area contributed by atoms with E-state index in [0.29, 0.717) is 12.5 Å². The maximum Gasteiger partial charge on any atom is 0.191 e. The Bertz CT molecular complexity index is 823. The van der Waals surface area contributed by atoms with Crippen molar-refractivity contribution in [1.82, 2.24) is 9.88 Å². The highest BCUT2D eigenvalue weighted by molar-refractivity contribution is 5.78. The number of aliphatic imine (C=N–C) groups is 1. The van der Waals surface area contributed by atoms with Crippen molar-refractivity contribution >= 4 is 17.5 Å². The van der Waals surface area contributed by atoms with Crippen LogP contribution in [-0.2, 0) is 6.54 Å². The van der Waals surface area contributed by atoms with Gasteiger partial charge in [-0.2, -0.15) is 0 Å². The summed E-state index contributed by atoms with van der Waals surface area (Å²) in [6.45, 7) is 6.03. The molecular formula is C22H29FN6. The second-order valence-electron chi connectivity index (χ2n) is 7.69. The largest absolute Gasteiger partial charge is 0.370 e. The van der Waals surface area contributed by atoms with E-state index < -0.39 is 0 Å². The molecule has 0 unspecified atom stereocenters. The minimum Gasteiger partial charge on any atom is -0.370 e. The molecule has 2 fully saturated rings. The third-order valence-corrected chi connectivity index (χ3v) is 5.71. The second-order valence-corrected chi connectivity index (χ2v) is 7.69. The van der Waals surface area contributed by atoms with Gasteiger partial charge in [0.1, 0.15) is 11.6 Å². The third kappa shape index (κ3) is 4.96. The van der Waals surface area contributed by atoms with Gasteiger partial charge in [-0.25, -0.2) is 14.4 Å². The van der Waals surface area contributed by atoms with E-state index in [2.05, 4.69) is 30.7 Å². The molecule has 2 N–H and O–H groups in total. The lowest BCUT2D eigenvalue weighted by Crippen LogP contribution is -2.51. The number of anilines is 2. The van der Waals surface area contributed by atoms with Crippen LogP contribution in [0.1, 0.15) is 24.8 Å². The van der Waals surface area contributed by atoms with Crippen LogP contribution in [0, 0.1) is 5.82 Å². The van der Waals surface area contributed by atoms with Gasteiger partial charge in [-0.15, -0.1) is 0 Å². The van der Waals surface area contributed by atoms with Crippen molar-refractivity contribution < 1.29 is 4.39 Å². The second kappa shape index (κ2) is 9.11. The Morgan fingerprint density at radius 1 is 0.931 bits per heavy atom. The standard InChI is InChI=1S/C22H29FN6/c23-19-4-6-20(7-5-19)27-12-14-29(15-13-27)22(24)26-17-18-8-9-25-21(16-18)28-10-2-1-3-11-28/h4-9,16H,1-3,10-15,17H2,(H2,24,26). The van der Waals surface area contributed by atoms with Crippen molar-refractivity contribution in [2.75, 3.05) is 49.1 Å². The Morgan fingerprint density at radius 2 is 1.66 bits per heavy atom. The summed E-state index contributed by atoms with van der Waals surface area (Å²) >= 11 is 0. The van der Waals surface area contributed by atoms with Crippen LogP contribution in [0.4, 0.5) is 15.9 Å². The highest BCUT2D eigenvalue weighted by Crippen LogP contribution is 2.19. The molecule has 2 aromatic rings. The van der Waals surface area contributed by atoms with Crippen LogP contribution in [0.3, 0.4) is 0 Å². The molecule has 0 radical (unpaired) electrons. The Hall–Kier alpha value is -2.83. The number of guanidine groups is 1. The number of hydrogen-bond donors (Lipinski definition) is 1. The van der Waals surface area contributed by atoms with Crippen molar-refractivity contribution in [3.05, 3.63) is 54.0 Å². The van der Waals surface area contributed by atoms with E-state index in [1.807, 2.05) is 24.4 Å². The van der Waals surface area contributed by atoms with Gasteiger partial charge in [0.15, 0.2) is 5.96 Å². The van der Waals surface area contributed by atoms with Gasteiger partial charge in [-0.1, -0.05) is 0 Å². The summed E-state index contributed by atoms with van der Waals surface area (Å²) in [5.41, 5.74) is 8.44. The van der Waals surface area contributed by atoms with E-state index >= 15 is 0 Å². The molecule has 0 atom stereocenters. The maximum atomic E-state index is 13.1. The fraction of sp³-hybridized carbons (Fsp3) is 0.455. The van der Waals surface area contributed by atoms with Crippen molar-refractivity contribution in [2.24, 2.45) is 10.7 Å². The molecule has 7 heteroatoms. The Balaban J connectivity index is 1.32. The number of nitrogens with two attached hydrogens (primary N) is 1. The number of nitrogens with zero attached hydrogens (tertiary/aromatic N) is 5. The molecule has 0 amide bonds. The number of halogens is 1. The van der Waals surface area contributed by atoms with Crippen LogP contribution < -0.4 is 15.5 Å². The molecule has 1 aromatic carbocycles. The molecule has 2 aliphatic rings. The molecule has 3 heterocycles. The van der Waals surface area contributed by atoms with Crippen LogP contribution in [0.25, 0.3) is 0 Å². The van der Waals surface area contributed by atoms with E-state index in [4.69, 9.17) is 5.73 Å². The first-order valence-corrected chi connectivity index (χ1v) is 10.4. The van der Waals surface area contributed by atoms with E-state index in [1.165, 1.54) is 31.4 Å². The summed E-state index contributed by atoms with van der Waals surface area (Å²) in [7, 11) is 0. The zero-order valence-electron chi connectivity index (χ0n) is 16.8. The smallest absolute Gasteiger partial charge is 0.191 e. The van der Waals surface area contributed by atoms with Crippen LogP contribution in [0.2, 0.25) is 0 Å². The lowest BCUT2D eigenvalue weighted by molar-refractivity contribution is 0.380. The predicted octanol–water partition coefficient (Wildman–Crippen LogP) is 2.85. The van der Waals surface area contributed by atoms with Gasteiger partial charge in [0.25, 0.3) is 0 Å². The van der Waals surface area contributed by atoms with Crippen LogP contribution in [0.15, 0.2) is 47.6 Å². The molecule has 6 nitrogen and oxygen atoms in total. The first-order valence-electron chi connectivity index (χ1n) is 10.4. The first kappa shape index (κ1) is 19.5. The Kier molecular flexibility index (Phi) is 6.12. The minimum absolute atomic E-state index is 0.205. The lowest BCUT2D eigenvalue weighted by atomic mass is 10.1. The molecule has 0 saturated carbocycles. The summed E-state index contributed by atoms with van der Waals surface area (Å²) < 4.78 is 13.1. The average molecular weight is 397 g/mol. The van der Waals surface area contributed by atoms with Crippen LogP contribution in [-0.4, -0.2) is 55.1 Å². The molecule has 2 aliphatic heterocycles. The monoisotopic (exact) mass is 396 g/mol. The number of aromatic nitrogens is 1. The molecule has 4 rings (SSSR count). The quantitative estimate of drug-likeness (QED) is 0.636. The number of pyridine rings is 1. The van der Waals surface area contributed by atoms with E-state index in [0.717, 1.165) is 56.3 Å². The molecule has 0 spiro atoms. The summed E-state index contributed by atoms with van der Waals surface area (Å²) in [5.74, 6) is 1.42. The van der Waals surface area contributed by atoms with Crippen LogP contribution in [0.5, 0.6) is 0 Å².